The number of methoxy groups -OCH3 is 2. The van der Waals surface area contributed by atoms with Crippen LogP contribution < -0.4 is 15.8 Å². The largest absolute Gasteiger partial charge is 0.496 e. The van der Waals surface area contributed by atoms with Crippen LogP contribution in [-0.2, 0) is 4.74 Å². The molecule has 1 fully saturated rings. The molecule has 1 aromatic rings. The standard InChI is InChI=1S/C18H27BClN3O3/c1-25-13(9-19)11-23-5-3-12(4-6-23)10-22-18(24)14-7-15(20)16(21)8-17(14)26-2/h7-8,12-13H,3-6,9-11,21H2,1-2H3,(H,22,24). The zero-order valence-electron chi connectivity index (χ0n) is 15.5. The van der Waals surface area contributed by atoms with E-state index in [2.05, 4.69) is 10.2 Å². The predicted octanol–water partition coefficient (Wildman–Crippen LogP) is 1.97. The second kappa shape index (κ2) is 10.0. The molecule has 6 nitrogen and oxygen atoms in total. The number of benzene rings is 1. The van der Waals surface area contributed by atoms with Crippen molar-refractivity contribution in [2.45, 2.75) is 25.3 Å². The maximum absolute atomic E-state index is 12.5. The zero-order chi connectivity index (χ0) is 19.1. The first-order valence-electron chi connectivity index (χ1n) is 8.84. The highest BCUT2D eigenvalue weighted by atomic mass is 35.5. The van der Waals surface area contributed by atoms with Crippen LogP contribution >= 0.6 is 11.6 Å². The lowest BCUT2D eigenvalue weighted by molar-refractivity contribution is 0.0625. The Kier molecular flexibility index (Phi) is 8.06. The lowest BCUT2D eigenvalue weighted by Gasteiger charge is -2.33. The molecule has 0 aliphatic carbocycles. The Bertz CT molecular complexity index is 606. The summed E-state index contributed by atoms with van der Waals surface area (Å²) in [6, 6.07) is 3.12. The molecule has 1 unspecified atom stereocenters. The SMILES string of the molecule is [B]CC(CN1CCC(CNC(=O)c2cc(Cl)c(N)cc2OC)CC1)OC. The number of piperidine rings is 1. The van der Waals surface area contributed by atoms with Crippen molar-refractivity contribution < 1.29 is 14.3 Å². The van der Waals surface area contributed by atoms with Crippen LogP contribution in [0.3, 0.4) is 0 Å². The van der Waals surface area contributed by atoms with Crippen molar-refractivity contribution in [2.24, 2.45) is 5.92 Å². The minimum atomic E-state index is -0.200. The third kappa shape index (κ3) is 5.53. The number of hydrogen-bond donors (Lipinski definition) is 2. The third-order valence-corrected chi connectivity index (χ3v) is 5.21. The van der Waals surface area contributed by atoms with Crippen molar-refractivity contribution in [3.63, 3.8) is 0 Å². The van der Waals surface area contributed by atoms with Crippen molar-refractivity contribution in [1.29, 1.82) is 0 Å². The molecule has 1 atom stereocenters. The van der Waals surface area contributed by atoms with Gasteiger partial charge in [0, 0.05) is 26.3 Å². The van der Waals surface area contributed by atoms with E-state index in [1.54, 1.807) is 19.2 Å². The highest BCUT2D eigenvalue weighted by Gasteiger charge is 2.22. The van der Waals surface area contributed by atoms with Gasteiger partial charge >= 0.3 is 0 Å². The van der Waals surface area contributed by atoms with E-state index in [0.29, 0.717) is 40.8 Å². The predicted molar refractivity (Wildman–Crippen MR) is 105 cm³/mol. The van der Waals surface area contributed by atoms with Crippen LogP contribution in [0.2, 0.25) is 11.3 Å². The number of anilines is 1. The maximum Gasteiger partial charge on any atom is 0.255 e. The van der Waals surface area contributed by atoms with Gasteiger partial charge in [-0.25, -0.2) is 0 Å². The summed E-state index contributed by atoms with van der Waals surface area (Å²) in [5.41, 5.74) is 6.54. The first-order valence-corrected chi connectivity index (χ1v) is 9.22. The number of nitrogens with one attached hydrogen (secondary N) is 1. The fourth-order valence-corrected chi connectivity index (χ4v) is 3.32. The lowest BCUT2D eigenvalue weighted by atomic mass is 9.94. The van der Waals surface area contributed by atoms with E-state index in [0.717, 1.165) is 32.5 Å². The average Bonchev–Trinajstić information content (AvgIpc) is 2.66. The number of carbonyl (C=O) groups excluding carboxylic acids is 1. The van der Waals surface area contributed by atoms with E-state index < -0.39 is 0 Å². The van der Waals surface area contributed by atoms with Gasteiger partial charge in [0.2, 0.25) is 0 Å². The number of hydrogen-bond acceptors (Lipinski definition) is 5. The molecule has 8 heteroatoms. The summed E-state index contributed by atoms with van der Waals surface area (Å²) >= 11 is 6.03. The van der Waals surface area contributed by atoms with Crippen molar-refractivity contribution in [1.82, 2.24) is 10.2 Å². The summed E-state index contributed by atoms with van der Waals surface area (Å²) in [7, 11) is 8.88. The third-order valence-electron chi connectivity index (χ3n) is 4.88. The van der Waals surface area contributed by atoms with Crippen molar-refractivity contribution >= 4 is 31.0 Å². The molecule has 1 aliphatic rings. The summed E-state index contributed by atoms with van der Waals surface area (Å²) in [5, 5.41) is 3.33. The summed E-state index contributed by atoms with van der Waals surface area (Å²) < 4.78 is 10.6. The quantitative estimate of drug-likeness (QED) is 0.533. The normalized spacial score (nSPS) is 17.0. The molecule has 1 saturated heterocycles. The average molecular weight is 380 g/mol. The number of halogens is 1. The van der Waals surface area contributed by atoms with Crippen LogP contribution in [0.1, 0.15) is 23.2 Å². The molecular formula is C18H27BClN3O3. The van der Waals surface area contributed by atoms with Gasteiger partial charge in [-0.1, -0.05) is 17.9 Å². The molecule has 142 valence electrons. The molecule has 1 aliphatic heterocycles. The minimum Gasteiger partial charge on any atom is -0.496 e. The Morgan fingerprint density at radius 1 is 1.42 bits per heavy atom. The Hall–Kier alpha value is -1.44. The molecule has 3 N–H and O–H groups in total. The van der Waals surface area contributed by atoms with E-state index in [9.17, 15) is 4.79 Å². The lowest BCUT2D eigenvalue weighted by Crippen LogP contribution is -2.42. The first-order chi connectivity index (χ1) is 12.5. The second-order valence-corrected chi connectivity index (χ2v) is 7.03. The molecular weight excluding hydrogens is 352 g/mol. The minimum absolute atomic E-state index is 0.0778. The van der Waals surface area contributed by atoms with Gasteiger partial charge < -0.3 is 25.4 Å². The number of carbonyl (C=O) groups is 1. The summed E-state index contributed by atoms with van der Waals surface area (Å²) in [6.45, 7) is 3.45. The number of amides is 1. The van der Waals surface area contributed by atoms with Crippen LogP contribution in [0.5, 0.6) is 5.75 Å². The van der Waals surface area contributed by atoms with Crippen LogP contribution in [0.15, 0.2) is 12.1 Å². The molecule has 0 spiro atoms. The fourth-order valence-electron chi connectivity index (χ4n) is 3.15. The highest BCUT2D eigenvalue weighted by molar-refractivity contribution is 6.33. The number of nitrogens with zero attached hydrogens (tertiary/aromatic N) is 1. The molecule has 2 radical (unpaired) electrons. The van der Waals surface area contributed by atoms with Crippen LogP contribution in [0.4, 0.5) is 5.69 Å². The van der Waals surface area contributed by atoms with Gasteiger partial charge in [-0.05, 0) is 37.9 Å². The Labute approximate surface area is 161 Å². The number of nitrogen functional groups attached to an aromatic ring is 1. The van der Waals surface area contributed by atoms with Gasteiger partial charge in [-0.3, -0.25) is 4.79 Å². The molecule has 26 heavy (non-hydrogen) atoms. The molecule has 0 bridgehead atoms. The fraction of sp³-hybridized carbons (Fsp3) is 0.611. The monoisotopic (exact) mass is 379 g/mol. The topological polar surface area (TPSA) is 76.8 Å². The van der Waals surface area contributed by atoms with Gasteiger partial charge in [0.1, 0.15) is 5.75 Å². The van der Waals surface area contributed by atoms with Gasteiger partial charge in [-0.2, -0.15) is 0 Å². The molecule has 0 saturated carbocycles. The smallest absolute Gasteiger partial charge is 0.255 e. The summed E-state index contributed by atoms with van der Waals surface area (Å²) in [6.07, 6.45) is 2.66. The van der Waals surface area contributed by atoms with E-state index in [1.807, 2.05) is 0 Å². The number of nitrogens with two attached hydrogens (primary N) is 1. The molecule has 1 aromatic carbocycles. The van der Waals surface area contributed by atoms with E-state index in [-0.39, 0.29) is 12.0 Å². The Morgan fingerprint density at radius 3 is 2.69 bits per heavy atom. The van der Waals surface area contributed by atoms with E-state index >= 15 is 0 Å². The van der Waals surface area contributed by atoms with Gasteiger partial charge in [-0.15, -0.1) is 0 Å². The van der Waals surface area contributed by atoms with Crippen LogP contribution in [0, 0.1) is 5.92 Å². The van der Waals surface area contributed by atoms with Crippen molar-refractivity contribution in [2.75, 3.05) is 46.1 Å². The second-order valence-electron chi connectivity index (χ2n) is 6.62. The van der Waals surface area contributed by atoms with Crippen molar-refractivity contribution in [3.05, 3.63) is 22.7 Å². The molecule has 1 heterocycles. The first kappa shape index (κ1) is 20.9. The molecule has 2 rings (SSSR count). The molecule has 1 amide bonds. The Balaban J connectivity index is 1.83. The maximum atomic E-state index is 12.5. The van der Waals surface area contributed by atoms with Crippen molar-refractivity contribution in [3.8, 4) is 5.75 Å². The van der Waals surface area contributed by atoms with Gasteiger partial charge in [0.15, 0.2) is 0 Å². The summed E-state index contributed by atoms with van der Waals surface area (Å²) in [5.74, 6) is 0.671. The van der Waals surface area contributed by atoms with E-state index in [1.165, 1.54) is 7.11 Å². The van der Waals surface area contributed by atoms with Gasteiger partial charge in [0.05, 0.1) is 37.3 Å². The Morgan fingerprint density at radius 2 is 2.12 bits per heavy atom. The number of ether oxygens (including phenoxy) is 2. The number of likely N-dealkylation sites (tertiary alicyclic amines) is 1. The number of rotatable bonds is 8. The van der Waals surface area contributed by atoms with E-state index in [4.69, 9.17) is 34.7 Å². The van der Waals surface area contributed by atoms with Crippen LogP contribution in [-0.4, -0.2) is 65.2 Å². The summed E-state index contributed by atoms with van der Waals surface area (Å²) in [4.78, 5) is 14.8. The van der Waals surface area contributed by atoms with Crippen LogP contribution in [0.25, 0.3) is 0 Å². The zero-order valence-corrected chi connectivity index (χ0v) is 16.2. The van der Waals surface area contributed by atoms with Gasteiger partial charge in [0.25, 0.3) is 5.91 Å². The molecule has 0 aromatic heterocycles. The highest BCUT2D eigenvalue weighted by Crippen LogP contribution is 2.29.